The molecule has 0 aliphatic carbocycles. The fourth-order valence-electron chi connectivity index (χ4n) is 4.02. The van der Waals surface area contributed by atoms with Gasteiger partial charge in [0, 0.05) is 44.6 Å². The maximum Gasteiger partial charge on any atom is 0.490 e. The molecule has 2 aliphatic rings. The highest BCUT2D eigenvalue weighted by Gasteiger charge is 2.41. The minimum absolute atomic E-state index is 0.169. The van der Waals surface area contributed by atoms with Crippen LogP contribution in [0.25, 0.3) is 0 Å². The second kappa shape index (κ2) is 13.6. The van der Waals surface area contributed by atoms with Crippen molar-refractivity contribution in [3.8, 4) is 0 Å². The predicted molar refractivity (Wildman–Crippen MR) is 123 cm³/mol. The molecule has 1 spiro atoms. The quantitative estimate of drug-likeness (QED) is 0.526. The molecule has 1 atom stereocenters. The van der Waals surface area contributed by atoms with E-state index in [4.69, 9.17) is 24.5 Å². The normalized spacial score (nSPS) is 19.8. The van der Waals surface area contributed by atoms with Gasteiger partial charge >= 0.3 is 24.3 Å². The summed E-state index contributed by atoms with van der Waals surface area (Å²) >= 11 is 0. The Kier molecular flexibility index (Phi) is 11.0. The summed E-state index contributed by atoms with van der Waals surface area (Å²) < 4.78 is 83.3. The maximum atomic E-state index is 13.6. The van der Waals surface area contributed by atoms with Crippen LogP contribution in [0.5, 0.6) is 0 Å². The zero-order chi connectivity index (χ0) is 29.3. The van der Waals surface area contributed by atoms with Gasteiger partial charge in [-0.1, -0.05) is 12.1 Å². The van der Waals surface area contributed by atoms with Crippen LogP contribution in [-0.4, -0.2) is 82.8 Å². The molecule has 1 aromatic heterocycles. The van der Waals surface area contributed by atoms with Crippen molar-refractivity contribution in [1.29, 1.82) is 0 Å². The summed E-state index contributed by atoms with van der Waals surface area (Å²) in [6.45, 7) is 5.19. The van der Waals surface area contributed by atoms with Crippen molar-refractivity contribution in [3.05, 3.63) is 60.2 Å². The van der Waals surface area contributed by atoms with Gasteiger partial charge in [0.05, 0.1) is 17.9 Å². The molecule has 15 heteroatoms. The number of nitrogens with zero attached hydrogens (tertiary/aromatic N) is 3. The van der Waals surface area contributed by atoms with Crippen LogP contribution >= 0.6 is 0 Å². The molecule has 39 heavy (non-hydrogen) atoms. The van der Waals surface area contributed by atoms with Crippen molar-refractivity contribution in [3.63, 3.8) is 0 Å². The predicted octanol–water partition coefficient (Wildman–Crippen LogP) is 4.36. The number of carbonyl (C=O) groups is 2. The molecule has 2 saturated heterocycles. The van der Waals surface area contributed by atoms with E-state index in [1.165, 1.54) is 6.07 Å². The molecular formula is C24H26F7N3O5. The van der Waals surface area contributed by atoms with Gasteiger partial charge in [-0.2, -0.15) is 26.3 Å². The number of aromatic nitrogens is 1. The molecule has 2 N–H and O–H groups in total. The standard InChI is InChI=1S/C20H24FN3O.2C2HF3O2/c21-17-5-3-7-19(13-17)24-10-4-8-20(16-24)15-23(11-12-25-20)14-18-6-1-2-9-22-18;2*3-2(4,5)1(6)7/h1-3,5-7,9,13H,4,8,10-12,14-16H2;2*(H,6,7). The van der Waals surface area contributed by atoms with E-state index in [-0.39, 0.29) is 11.4 Å². The molecule has 0 amide bonds. The first-order chi connectivity index (χ1) is 18.1. The molecule has 4 rings (SSSR count). The molecule has 0 radical (unpaired) electrons. The number of hydrogen-bond donors (Lipinski definition) is 2. The lowest BCUT2D eigenvalue weighted by atomic mass is 9.90. The molecule has 0 saturated carbocycles. The first-order valence-electron chi connectivity index (χ1n) is 11.5. The smallest absolute Gasteiger partial charge is 0.475 e. The third-order valence-electron chi connectivity index (χ3n) is 5.64. The summed E-state index contributed by atoms with van der Waals surface area (Å²) in [5.41, 5.74) is 1.87. The number of carboxylic acid groups (broad SMARTS) is 2. The first kappa shape index (κ1) is 31.8. The number of piperidine rings is 1. The summed E-state index contributed by atoms with van der Waals surface area (Å²) in [6.07, 6.45) is -6.21. The SMILES string of the molecule is Fc1cccc(N2CCCC3(CN(Cc4ccccn4)CCO3)C2)c1.O=C(O)C(F)(F)F.O=C(O)C(F)(F)F. The lowest BCUT2D eigenvalue weighted by molar-refractivity contribution is -0.193. The lowest BCUT2D eigenvalue weighted by Crippen LogP contribution is -2.59. The van der Waals surface area contributed by atoms with Crippen molar-refractivity contribution in [1.82, 2.24) is 9.88 Å². The number of aliphatic carboxylic acids is 2. The van der Waals surface area contributed by atoms with E-state index in [2.05, 4.69) is 20.9 Å². The number of halogens is 7. The van der Waals surface area contributed by atoms with Crippen LogP contribution in [0.15, 0.2) is 48.7 Å². The van der Waals surface area contributed by atoms with E-state index < -0.39 is 24.3 Å². The van der Waals surface area contributed by atoms with E-state index in [1.807, 2.05) is 24.4 Å². The van der Waals surface area contributed by atoms with Crippen LogP contribution in [0.2, 0.25) is 0 Å². The van der Waals surface area contributed by atoms with E-state index in [0.29, 0.717) is 0 Å². The minimum Gasteiger partial charge on any atom is -0.475 e. The minimum atomic E-state index is -5.08. The Balaban J connectivity index is 0.000000317. The molecule has 216 valence electrons. The van der Waals surface area contributed by atoms with Gasteiger partial charge in [-0.25, -0.2) is 14.0 Å². The van der Waals surface area contributed by atoms with Crippen molar-refractivity contribution in [2.75, 3.05) is 37.7 Å². The van der Waals surface area contributed by atoms with E-state index in [9.17, 15) is 30.7 Å². The number of rotatable bonds is 3. The maximum absolute atomic E-state index is 13.6. The van der Waals surface area contributed by atoms with E-state index in [1.54, 1.807) is 12.1 Å². The Morgan fingerprint density at radius 3 is 2.13 bits per heavy atom. The third-order valence-corrected chi connectivity index (χ3v) is 5.64. The molecule has 2 fully saturated rings. The zero-order valence-corrected chi connectivity index (χ0v) is 20.4. The molecule has 3 heterocycles. The van der Waals surface area contributed by atoms with Crippen LogP contribution in [-0.2, 0) is 20.9 Å². The monoisotopic (exact) mass is 569 g/mol. The topological polar surface area (TPSA) is 103 Å². The number of carboxylic acids is 2. The van der Waals surface area contributed by atoms with Gasteiger partial charge in [0.1, 0.15) is 5.82 Å². The van der Waals surface area contributed by atoms with Crippen LogP contribution < -0.4 is 4.90 Å². The fourth-order valence-corrected chi connectivity index (χ4v) is 4.02. The summed E-state index contributed by atoms with van der Waals surface area (Å²) in [4.78, 5) is 26.9. The first-order valence-corrected chi connectivity index (χ1v) is 11.5. The molecular weight excluding hydrogens is 543 g/mol. The van der Waals surface area contributed by atoms with Crippen LogP contribution in [0.4, 0.5) is 36.4 Å². The number of pyridine rings is 1. The van der Waals surface area contributed by atoms with Crippen molar-refractivity contribution in [2.24, 2.45) is 0 Å². The number of anilines is 1. The largest absolute Gasteiger partial charge is 0.490 e. The molecule has 0 bridgehead atoms. The number of benzene rings is 1. The zero-order valence-electron chi connectivity index (χ0n) is 20.4. The van der Waals surface area contributed by atoms with Gasteiger partial charge in [-0.3, -0.25) is 9.88 Å². The number of hydrogen-bond acceptors (Lipinski definition) is 6. The van der Waals surface area contributed by atoms with Gasteiger partial charge in [0.25, 0.3) is 0 Å². The Hall–Kier alpha value is -3.46. The lowest BCUT2D eigenvalue weighted by Gasteiger charge is -2.48. The van der Waals surface area contributed by atoms with E-state index in [0.717, 1.165) is 63.6 Å². The summed E-state index contributed by atoms with van der Waals surface area (Å²) in [7, 11) is 0. The van der Waals surface area contributed by atoms with Crippen molar-refractivity contribution >= 4 is 17.6 Å². The summed E-state index contributed by atoms with van der Waals surface area (Å²) in [5, 5.41) is 14.2. The number of ether oxygens (including phenoxy) is 1. The van der Waals surface area contributed by atoms with Gasteiger partial charge in [-0.05, 0) is 43.2 Å². The van der Waals surface area contributed by atoms with Gasteiger partial charge in [0.15, 0.2) is 0 Å². The Bertz CT molecular complexity index is 1060. The number of morpholine rings is 1. The van der Waals surface area contributed by atoms with Crippen LogP contribution in [0.1, 0.15) is 18.5 Å². The Labute approximate surface area is 218 Å². The average Bonchev–Trinajstić information content (AvgIpc) is 2.84. The molecule has 1 unspecified atom stereocenters. The highest BCUT2D eigenvalue weighted by molar-refractivity contribution is 5.73. The van der Waals surface area contributed by atoms with Gasteiger partial charge in [-0.15, -0.1) is 0 Å². The van der Waals surface area contributed by atoms with Gasteiger partial charge in [0.2, 0.25) is 0 Å². The Morgan fingerprint density at radius 2 is 1.59 bits per heavy atom. The van der Waals surface area contributed by atoms with Crippen molar-refractivity contribution in [2.45, 2.75) is 37.3 Å². The second-order valence-corrected chi connectivity index (χ2v) is 8.67. The average molecular weight is 569 g/mol. The molecule has 2 aliphatic heterocycles. The summed E-state index contributed by atoms with van der Waals surface area (Å²) in [5.74, 6) is -5.70. The van der Waals surface area contributed by atoms with Crippen molar-refractivity contribution < 1.29 is 55.3 Å². The highest BCUT2D eigenvalue weighted by atomic mass is 19.4. The molecule has 8 nitrogen and oxygen atoms in total. The van der Waals surface area contributed by atoms with Crippen LogP contribution in [0, 0.1) is 5.82 Å². The second-order valence-electron chi connectivity index (χ2n) is 8.67. The third kappa shape index (κ3) is 10.7. The van der Waals surface area contributed by atoms with E-state index >= 15 is 0 Å². The molecule has 2 aromatic rings. The van der Waals surface area contributed by atoms with Gasteiger partial charge < -0.3 is 19.8 Å². The Morgan fingerprint density at radius 1 is 0.949 bits per heavy atom. The fraction of sp³-hybridized carbons (Fsp3) is 0.458. The van der Waals surface area contributed by atoms with Crippen LogP contribution in [0.3, 0.4) is 0 Å². The summed E-state index contributed by atoms with van der Waals surface area (Å²) in [6, 6.07) is 12.9. The molecule has 1 aromatic carbocycles. The highest BCUT2D eigenvalue weighted by Crippen LogP contribution is 2.32. The number of alkyl halides is 6.